The van der Waals surface area contributed by atoms with Gasteiger partial charge in [0.2, 0.25) is 5.89 Å². The lowest BCUT2D eigenvalue weighted by Gasteiger charge is -2.04. The SMILES string of the molecule is COc1ccc(-c2oc(-c3ccccc3OC)nc2C(=O)O)cc1. The van der Waals surface area contributed by atoms with Crippen molar-refractivity contribution in [2.24, 2.45) is 0 Å². The number of methoxy groups -OCH3 is 2. The third-order valence-electron chi connectivity index (χ3n) is 3.52. The molecule has 0 atom stereocenters. The van der Waals surface area contributed by atoms with E-state index < -0.39 is 5.97 Å². The zero-order valence-corrected chi connectivity index (χ0v) is 13.1. The number of carboxylic acid groups (broad SMARTS) is 1. The summed E-state index contributed by atoms with van der Waals surface area (Å²) in [5, 5.41) is 9.44. The summed E-state index contributed by atoms with van der Waals surface area (Å²) in [6.07, 6.45) is 0. The van der Waals surface area contributed by atoms with Crippen LogP contribution in [0.4, 0.5) is 0 Å². The average Bonchev–Trinajstić information content (AvgIpc) is 3.07. The fourth-order valence-electron chi connectivity index (χ4n) is 2.34. The van der Waals surface area contributed by atoms with E-state index in [1.807, 2.05) is 6.07 Å². The van der Waals surface area contributed by atoms with Crippen LogP contribution in [0.3, 0.4) is 0 Å². The number of oxazole rings is 1. The molecule has 0 aliphatic rings. The zero-order chi connectivity index (χ0) is 17.1. The Balaban J connectivity index is 2.13. The van der Waals surface area contributed by atoms with Gasteiger partial charge >= 0.3 is 5.97 Å². The van der Waals surface area contributed by atoms with Crippen molar-refractivity contribution < 1.29 is 23.8 Å². The Hall–Kier alpha value is -3.28. The minimum Gasteiger partial charge on any atom is -0.497 e. The number of hydrogen-bond acceptors (Lipinski definition) is 5. The molecule has 1 aromatic heterocycles. The lowest BCUT2D eigenvalue weighted by Crippen LogP contribution is -1.99. The molecule has 3 rings (SSSR count). The lowest BCUT2D eigenvalue weighted by atomic mass is 10.1. The maximum absolute atomic E-state index is 11.5. The standard InChI is InChI=1S/C18H15NO5/c1-22-12-9-7-11(8-10-12)16-15(18(20)21)19-17(24-16)13-5-3-4-6-14(13)23-2/h3-10H,1-2H3,(H,20,21). The molecule has 2 aromatic carbocycles. The summed E-state index contributed by atoms with van der Waals surface area (Å²) in [6.45, 7) is 0. The van der Waals surface area contributed by atoms with E-state index in [4.69, 9.17) is 13.9 Å². The predicted octanol–water partition coefficient (Wildman–Crippen LogP) is 3.72. The fourth-order valence-corrected chi connectivity index (χ4v) is 2.34. The van der Waals surface area contributed by atoms with Crippen molar-refractivity contribution in [1.82, 2.24) is 4.98 Å². The number of aromatic carboxylic acids is 1. The van der Waals surface area contributed by atoms with E-state index in [1.54, 1.807) is 49.6 Å². The van der Waals surface area contributed by atoms with Crippen LogP contribution in [0.1, 0.15) is 10.5 Å². The first kappa shape index (κ1) is 15.6. The van der Waals surface area contributed by atoms with Crippen LogP contribution < -0.4 is 9.47 Å². The van der Waals surface area contributed by atoms with Gasteiger partial charge in [0.25, 0.3) is 0 Å². The number of nitrogens with zero attached hydrogens (tertiary/aromatic N) is 1. The number of para-hydroxylation sites is 1. The maximum Gasteiger partial charge on any atom is 0.358 e. The summed E-state index contributed by atoms with van der Waals surface area (Å²) in [6, 6.07) is 14.0. The molecule has 122 valence electrons. The van der Waals surface area contributed by atoms with Gasteiger partial charge in [-0.3, -0.25) is 0 Å². The molecular formula is C18H15NO5. The van der Waals surface area contributed by atoms with E-state index in [1.165, 1.54) is 7.11 Å². The highest BCUT2D eigenvalue weighted by Crippen LogP contribution is 2.34. The Morgan fingerprint density at radius 1 is 1.04 bits per heavy atom. The summed E-state index contributed by atoms with van der Waals surface area (Å²) >= 11 is 0. The van der Waals surface area contributed by atoms with Crippen LogP contribution in [0.15, 0.2) is 52.9 Å². The van der Waals surface area contributed by atoms with Crippen LogP contribution in [0.5, 0.6) is 11.5 Å². The second-order valence-corrected chi connectivity index (χ2v) is 4.93. The number of rotatable bonds is 5. The van der Waals surface area contributed by atoms with Crippen LogP contribution in [-0.2, 0) is 0 Å². The molecule has 0 saturated carbocycles. The Labute approximate surface area is 138 Å². The molecule has 0 bridgehead atoms. The number of ether oxygens (including phenoxy) is 2. The normalized spacial score (nSPS) is 10.4. The minimum absolute atomic E-state index is 0.152. The van der Waals surface area contributed by atoms with Crippen LogP contribution >= 0.6 is 0 Å². The number of benzene rings is 2. The van der Waals surface area contributed by atoms with E-state index in [0.29, 0.717) is 22.6 Å². The van der Waals surface area contributed by atoms with Gasteiger partial charge in [-0.15, -0.1) is 0 Å². The van der Waals surface area contributed by atoms with Crippen LogP contribution in [0.25, 0.3) is 22.8 Å². The largest absolute Gasteiger partial charge is 0.497 e. The first-order valence-corrected chi connectivity index (χ1v) is 7.16. The second kappa shape index (κ2) is 6.45. The molecule has 0 aliphatic heterocycles. The Bertz CT molecular complexity index is 867. The summed E-state index contributed by atoms with van der Waals surface area (Å²) in [4.78, 5) is 15.7. The molecule has 0 aliphatic carbocycles. The summed E-state index contributed by atoms with van der Waals surface area (Å²) in [7, 11) is 3.09. The highest BCUT2D eigenvalue weighted by molar-refractivity contribution is 5.93. The smallest absolute Gasteiger partial charge is 0.358 e. The van der Waals surface area contributed by atoms with E-state index >= 15 is 0 Å². The van der Waals surface area contributed by atoms with Crippen molar-refractivity contribution >= 4 is 5.97 Å². The van der Waals surface area contributed by atoms with Gasteiger partial charge in [-0.1, -0.05) is 12.1 Å². The van der Waals surface area contributed by atoms with Gasteiger partial charge in [0, 0.05) is 5.56 Å². The third-order valence-corrected chi connectivity index (χ3v) is 3.52. The van der Waals surface area contributed by atoms with Crippen LogP contribution in [0.2, 0.25) is 0 Å². The molecule has 0 amide bonds. The van der Waals surface area contributed by atoms with Gasteiger partial charge in [-0.2, -0.15) is 0 Å². The molecule has 6 nitrogen and oxygen atoms in total. The molecule has 3 aromatic rings. The highest BCUT2D eigenvalue weighted by Gasteiger charge is 2.23. The topological polar surface area (TPSA) is 81.8 Å². The van der Waals surface area contributed by atoms with Crippen LogP contribution in [0, 0.1) is 0 Å². The number of carboxylic acids is 1. The van der Waals surface area contributed by atoms with Gasteiger partial charge in [0.1, 0.15) is 11.5 Å². The average molecular weight is 325 g/mol. The Morgan fingerprint density at radius 2 is 1.75 bits per heavy atom. The Kier molecular flexibility index (Phi) is 4.20. The summed E-state index contributed by atoms with van der Waals surface area (Å²) < 4.78 is 16.1. The van der Waals surface area contributed by atoms with E-state index in [-0.39, 0.29) is 17.3 Å². The maximum atomic E-state index is 11.5. The molecule has 0 radical (unpaired) electrons. The first-order valence-electron chi connectivity index (χ1n) is 7.16. The minimum atomic E-state index is -1.16. The van der Waals surface area contributed by atoms with Crippen molar-refractivity contribution in [3.05, 3.63) is 54.2 Å². The van der Waals surface area contributed by atoms with Gasteiger partial charge < -0.3 is 19.0 Å². The first-order chi connectivity index (χ1) is 11.6. The van der Waals surface area contributed by atoms with Crippen molar-refractivity contribution in [1.29, 1.82) is 0 Å². The number of hydrogen-bond donors (Lipinski definition) is 1. The van der Waals surface area contributed by atoms with Crippen molar-refractivity contribution in [2.45, 2.75) is 0 Å². The number of carbonyl (C=O) groups is 1. The quantitative estimate of drug-likeness (QED) is 0.770. The lowest BCUT2D eigenvalue weighted by molar-refractivity contribution is 0.0691. The van der Waals surface area contributed by atoms with Gasteiger partial charge in [-0.25, -0.2) is 9.78 Å². The molecule has 0 spiro atoms. The monoisotopic (exact) mass is 325 g/mol. The molecule has 0 saturated heterocycles. The fraction of sp³-hybridized carbons (Fsp3) is 0.111. The van der Waals surface area contributed by atoms with Crippen molar-refractivity contribution in [2.75, 3.05) is 14.2 Å². The second-order valence-electron chi connectivity index (χ2n) is 4.93. The molecule has 6 heteroatoms. The molecule has 0 unspecified atom stereocenters. The van der Waals surface area contributed by atoms with Crippen molar-refractivity contribution in [3.8, 4) is 34.3 Å². The van der Waals surface area contributed by atoms with E-state index in [2.05, 4.69) is 4.98 Å². The highest BCUT2D eigenvalue weighted by atomic mass is 16.5. The van der Waals surface area contributed by atoms with E-state index in [0.717, 1.165) is 0 Å². The third kappa shape index (κ3) is 2.81. The predicted molar refractivity (Wildman–Crippen MR) is 87.4 cm³/mol. The number of aromatic nitrogens is 1. The Morgan fingerprint density at radius 3 is 2.38 bits per heavy atom. The van der Waals surface area contributed by atoms with Gasteiger partial charge in [0.05, 0.1) is 19.8 Å². The van der Waals surface area contributed by atoms with Crippen LogP contribution in [-0.4, -0.2) is 30.3 Å². The molecule has 1 heterocycles. The molecule has 1 N–H and O–H groups in total. The van der Waals surface area contributed by atoms with Gasteiger partial charge in [0.15, 0.2) is 11.5 Å². The van der Waals surface area contributed by atoms with E-state index in [9.17, 15) is 9.90 Å². The van der Waals surface area contributed by atoms with Gasteiger partial charge in [-0.05, 0) is 36.4 Å². The molecular weight excluding hydrogens is 310 g/mol. The molecule has 0 fully saturated rings. The molecule has 24 heavy (non-hydrogen) atoms. The summed E-state index contributed by atoms with van der Waals surface area (Å²) in [5.41, 5.74) is 1.03. The van der Waals surface area contributed by atoms with Crippen molar-refractivity contribution in [3.63, 3.8) is 0 Å². The summed E-state index contributed by atoms with van der Waals surface area (Å²) in [5.74, 6) is 0.435. The zero-order valence-electron chi connectivity index (χ0n) is 13.1.